The molecule has 1 aromatic heterocycles. The normalized spacial score (nSPS) is 13.7. The minimum Gasteiger partial charge on any atom is -0.493 e. The zero-order chi connectivity index (χ0) is 23.2. The summed E-state index contributed by atoms with van der Waals surface area (Å²) in [6.45, 7) is 4.74. The number of thiophene rings is 1. The van der Waals surface area contributed by atoms with E-state index in [1.165, 1.54) is 10.4 Å². The Balaban J connectivity index is 1.61. The van der Waals surface area contributed by atoms with E-state index in [9.17, 15) is 4.79 Å². The zero-order valence-corrected chi connectivity index (χ0v) is 20.0. The van der Waals surface area contributed by atoms with E-state index in [1.54, 1.807) is 31.8 Å². The molecule has 0 spiro atoms. The number of hydrogen-bond donors (Lipinski definition) is 0. The van der Waals surface area contributed by atoms with E-state index in [4.69, 9.17) is 19.2 Å². The van der Waals surface area contributed by atoms with Gasteiger partial charge in [0.1, 0.15) is 5.00 Å². The maximum atomic E-state index is 12.8. The van der Waals surface area contributed by atoms with Crippen molar-refractivity contribution in [1.82, 2.24) is 4.90 Å². The first kappa shape index (κ1) is 23.0. The molecule has 0 saturated carbocycles. The van der Waals surface area contributed by atoms with E-state index >= 15 is 0 Å². The minimum absolute atomic E-state index is 0.300. The lowest BCUT2D eigenvalue weighted by Crippen LogP contribution is -2.29. The number of methoxy groups -OCH3 is 2. The Kier molecular flexibility index (Phi) is 7.42. The third-order valence-electron chi connectivity index (χ3n) is 5.58. The lowest BCUT2D eigenvalue weighted by molar-refractivity contribution is 0.0526. The van der Waals surface area contributed by atoms with Crippen LogP contribution in [0.2, 0.25) is 0 Å². The van der Waals surface area contributed by atoms with Crippen LogP contribution < -0.4 is 9.47 Å². The van der Waals surface area contributed by atoms with Gasteiger partial charge in [-0.3, -0.25) is 4.90 Å². The van der Waals surface area contributed by atoms with Gasteiger partial charge in [0.15, 0.2) is 11.5 Å². The Morgan fingerprint density at radius 3 is 2.64 bits per heavy atom. The van der Waals surface area contributed by atoms with Crippen LogP contribution in [0.5, 0.6) is 11.5 Å². The van der Waals surface area contributed by atoms with E-state index in [2.05, 4.69) is 29.2 Å². The summed E-state index contributed by atoms with van der Waals surface area (Å²) in [5.41, 5.74) is 3.82. The molecular formula is C26H28N2O4S. The van der Waals surface area contributed by atoms with Gasteiger partial charge in [-0.15, -0.1) is 11.3 Å². The van der Waals surface area contributed by atoms with Gasteiger partial charge in [-0.2, -0.15) is 0 Å². The average molecular weight is 465 g/mol. The van der Waals surface area contributed by atoms with E-state index in [-0.39, 0.29) is 5.97 Å². The molecule has 0 saturated heterocycles. The number of carbonyl (C=O) groups is 1. The molecule has 0 N–H and O–H groups in total. The van der Waals surface area contributed by atoms with Gasteiger partial charge in [-0.25, -0.2) is 9.79 Å². The molecule has 6 nitrogen and oxygen atoms in total. The molecule has 2 aromatic carbocycles. The standard InChI is InChI=1S/C26H28N2O4S/c1-4-32-26(29)24-20-12-13-28(16-18-8-6-5-7-9-18)17-23(20)33-25(24)27-15-19-10-11-21(30-2)22(14-19)31-3/h5-11,14-15H,4,12-13,16-17H2,1-3H3. The molecule has 0 aliphatic carbocycles. The molecule has 0 bridgehead atoms. The van der Waals surface area contributed by atoms with Crippen LogP contribution in [0.15, 0.2) is 53.5 Å². The third kappa shape index (κ3) is 5.26. The largest absolute Gasteiger partial charge is 0.493 e. The molecule has 7 heteroatoms. The molecule has 33 heavy (non-hydrogen) atoms. The zero-order valence-electron chi connectivity index (χ0n) is 19.2. The van der Waals surface area contributed by atoms with Crippen LogP contribution in [0.25, 0.3) is 0 Å². The molecule has 0 unspecified atom stereocenters. The quantitative estimate of drug-likeness (QED) is 0.337. The van der Waals surface area contributed by atoms with Crippen LogP contribution in [-0.4, -0.2) is 44.5 Å². The van der Waals surface area contributed by atoms with Gasteiger partial charge in [0, 0.05) is 30.7 Å². The summed E-state index contributed by atoms with van der Waals surface area (Å²) in [7, 11) is 3.21. The third-order valence-corrected chi connectivity index (χ3v) is 6.71. The molecule has 2 heterocycles. The summed E-state index contributed by atoms with van der Waals surface area (Å²) in [6.07, 6.45) is 2.56. The Bertz CT molecular complexity index is 1140. The highest BCUT2D eigenvalue weighted by Gasteiger charge is 2.28. The fourth-order valence-corrected chi connectivity index (χ4v) is 5.21. The van der Waals surface area contributed by atoms with Crippen LogP contribution in [0.3, 0.4) is 0 Å². The number of hydrogen-bond acceptors (Lipinski definition) is 7. The highest BCUT2D eigenvalue weighted by atomic mass is 32.1. The van der Waals surface area contributed by atoms with Crippen LogP contribution in [-0.2, 0) is 24.2 Å². The molecular weight excluding hydrogens is 436 g/mol. The highest BCUT2D eigenvalue weighted by Crippen LogP contribution is 2.40. The summed E-state index contributed by atoms with van der Waals surface area (Å²) in [4.78, 5) is 21.1. The lowest BCUT2D eigenvalue weighted by atomic mass is 10.0. The van der Waals surface area contributed by atoms with E-state index in [0.717, 1.165) is 37.2 Å². The van der Waals surface area contributed by atoms with Crippen molar-refractivity contribution >= 4 is 28.5 Å². The van der Waals surface area contributed by atoms with Gasteiger partial charge in [0.25, 0.3) is 0 Å². The summed E-state index contributed by atoms with van der Waals surface area (Å²) >= 11 is 1.57. The Morgan fingerprint density at radius 2 is 1.91 bits per heavy atom. The second kappa shape index (κ2) is 10.6. The smallest absolute Gasteiger partial charge is 0.341 e. The van der Waals surface area contributed by atoms with E-state index < -0.39 is 0 Å². The Hall–Kier alpha value is -3.16. The van der Waals surface area contributed by atoms with Crippen LogP contribution in [0, 0.1) is 0 Å². The molecule has 0 fully saturated rings. The average Bonchev–Trinajstić information content (AvgIpc) is 3.21. The van der Waals surface area contributed by atoms with Crippen LogP contribution in [0.4, 0.5) is 5.00 Å². The SMILES string of the molecule is CCOC(=O)c1c(N=Cc2ccc(OC)c(OC)c2)sc2c1CCN(Cc1ccccc1)C2. The molecule has 4 rings (SSSR count). The molecule has 0 amide bonds. The van der Waals surface area contributed by atoms with Crippen LogP contribution >= 0.6 is 11.3 Å². The number of esters is 1. The maximum Gasteiger partial charge on any atom is 0.341 e. The van der Waals surface area contributed by atoms with Crippen molar-refractivity contribution in [2.75, 3.05) is 27.4 Å². The number of ether oxygens (including phenoxy) is 3. The monoisotopic (exact) mass is 464 g/mol. The van der Waals surface area contributed by atoms with Crippen molar-refractivity contribution in [2.45, 2.75) is 26.4 Å². The van der Waals surface area contributed by atoms with Crippen molar-refractivity contribution in [2.24, 2.45) is 4.99 Å². The molecule has 1 aliphatic heterocycles. The molecule has 0 atom stereocenters. The summed E-state index contributed by atoms with van der Waals surface area (Å²) in [5.74, 6) is 0.993. The Labute approximate surface area is 198 Å². The van der Waals surface area contributed by atoms with Gasteiger partial charge < -0.3 is 14.2 Å². The molecule has 1 aliphatic rings. The Morgan fingerprint density at radius 1 is 1.12 bits per heavy atom. The fourth-order valence-electron chi connectivity index (χ4n) is 3.99. The second-order valence-corrected chi connectivity index (χ2v) is 8.81. The summed E-state index contributed by atoms with van der Waals surface area (Å²) in [6, 6.07) is 16.1. The number of nitrogens with zero attached hydrogens (tertiary/aromatic N) is 2. The van der Waals surface area contributed by atoms with Gasteiger partial charge in [-0.1, -0.05) is 30.3 Å². The van der Waals surface area contributed by atoms with Gasteiger partial charge in [0.2, 0.25) is 0 Å². The van der Waals surface area contributed by atoms with Gasteiger partial charge in [0.05, 0.1) is 26.4 Å². The highest BCUT2D eigenvalue weighted by molar-refractivity contribution is 7.16. The first-order valence-electron chi connectivity index (χ1n) is 11.0. The number of carbonyl (C=O) groups excluding carboxylic acids is 1. The summed E-state index contributed by atoms with van der Waals surface area (Å²) in [5, 5.41) is 0.690. The van der Waals surface area contributed by atoms with E-state index in [0.29, 0.717) is 28.7 Å². The second-order valence-electron chi connectivity index (χ2n) is 7.72. The topological polar surface area (TPSA) is 60.4 Å². The van der Waals surface area contributed by atoms with Gasteiger partial charge in [-0.05, 0) is 48.2 Å². The van der Waals surface area contributed by atoms with Crippen molar-refractivity contribution in [1.29, 1.82) is 0 Å². The van der Waals surface area contributed by atoms with Crippen molar-refractivity contribution < 1.29 is 19.0 Å². The lowest BCUT2D eigenvalue weighted by Gasteiger charge is -2.27. The maximum absolute atomic E-state index is 12.8. The number of rotatable bonds is 8. The predicted molar refractivity (Wildman–Crippen MR) is 131 cm³/mol. The van der Waals surface area contributed by atoms with Crippen molar-refractivity contribution in [3.63, 3.8) is 0 Å². The minimum atomic E-state index is -0.300. The first-order valence-corrected chi connectivity index (χ1v) is 11.8. The summed E-state index contributed by atoms with van der Waals surface area (Å²) < 4.78 is 16.1. The molecule has 3 aromatic rings. The number of aliphatic imine (C=N–C) groups is 1. The van der Waals surface area contributed by atoms with Gasteiger partial charge >= 0.3 is 5.97 Å². The van der Waals surface area contributed by atoms with Crippen molar-refractivity contribution in [3.8, 4) is 11.5 Å². The number of benzene rings is 2. The van der Waals surface area contributed by atoms with E-state index in [1.807, 2.05) is 31.2 Å². The predicted octanol–water partition coefficient (Wildman–Crippen LogP) is 5.25. The van der Waals surface area contributed by atoms with Crippen LogP contribution in [0.1, 0.15) is 38.8 Å². The molecule has 0 radical (unpaired) electrons. The molecule has 172 valence electrons. The number of fused-ring (bicyclic) bond motifs is 1. The fraction of sp³-hybridized carbons (Fsp3) is 0.308. The van der Waals surface area contributed by atoms with Crippen molar-refractivity contribution in [3.05, 3.63) is 75.7 Å². The first-order chi connectivity index (χ1) is 16.1.